The molecule has 0 bridgehead atoms. The molecule has 35 heavy (non-hydrogen) atoms. The van der Waals surface area contributed by atoms with Crippen LogP contribution in [-0.2, 0) is 4.79 Å². The molecule has 5 aromatic rings. The van der Waals surface area contributed by atoms with Crippen LogP contribution in [0.25, 0.3) is 22.4 Å². The Kier molecular flexibility index (Phi) is 6.13. The predicted octanol–water partition coefficient (Wildman–Crippen LogP) is 4.91. The van der Waals surface area contributed by atoms with Crippen LogP contribution in [0.1, 0.15) is 25.3 Å². The van der Waals surface area contributed by atoms with Crippen molar-refractivity contribution >= 4 is 40.0 Å². The van der Waals surface area contributed by atoms with E-state index in [0.29, 0.717) is 21.8 Å². The molecule has 2 aromatic heterocycles. The zero-order valence-corrected chi connectivity index (χ0v) is 20.6. The minimum atomic E-state index is -0.148. The largest absolute Gasteiger partial charge is 0.315 e. The van der Waals surface area contributed by atoms with Crippen molar-refractivity contribution in [1.29, 1.82) is 0 Å². The molecule has 176 valence electrons. The van der Waals surface area contributed by atoms with Crippen LogP contribution in [0.2, 0.25) is 0 Å². The number of rotatable bonds is 6. The Balaban J connectivity index is 1.62. The second kappa shape index (κ2) is 9.38. The van der Waals surface area contributed by atoms with Crippen LogP contribution in [0.3, 0.4) is 0 Å². The van der Waals surface area contributed by atoms with Gasteiger partial charge in [-0.2, -0.15) is 0 Å². The number of carbonyl (C=O) groups excluding carboxylic acids is 1. The van der Waals surface area contributed by atoms with Crippen molar-refractivity contribution in [3.05, 3.63) is 94.8 Å². The molecule has 0 saturated heterocycles. The number of thioether (sulfide) groups is 1. The summed E-state index contributed by atoms with van der Waals surface area (Å²) in [4.78, 5) is 28.2. The average molecular weight is 484 g/mol. The molecule has 0 atom stereocenters. The fourth-order valence-electron chi connectivity index (χ4n) is 4.19. The lowest BCUT2D eigenvalue weighted by Crippen LogP contribution is -2.28. The van der Waals surface area contributed by atoms with Gasteiger partial charge in [0, 0.05) is 12.7 Å². The number of benzene rings is 3. The quantitative estimate of drug-likeness (QED) is 0.321. The molecule has 0 aliphatic rings. The first-order chi connectivity index (χ1) is 17.0. The molecule has 2 heterocycles. The van der Waals surface area contributed by atoms with Gasteiger partial charge in [0.05, 0.1) is 22.3 Å². The monoisotopic (exact) mass is 483 g/mol. The maximum atomic E-state index is 13.7. The number of amides is 1. The minimum absolute atomic E-state index is 0.0549. The molecule has 3 aromatic carbocycles. The Bertz CT molecular complexity index is 1590. The van der Waals surface area contributed by atoms with Gasteiger partial charge in [0.25, 0.3) is 5.56 Å². The highest BCUT2D eigenvalue weighted by Gasteiger charge is 2.21. The summed E-state index contributed by atoms with van der Waals surface area (Å²) < 4.78 is 3.50. The maximum Gasteiger partial charge on any atom is 0.267 e. The summed E-state index contributed by atoms with van der Waals surface area (Å²) >= 11 is 1.31. The number of hydrogen-bond donors (Lipinski definition) is 0. The van der Waals surface area contributed by atoms with E-state index in [1.54, 1.807) is 16.5 Å². The zero-order chi connectivity index (χ0) is 24.5. The standard InChI is InChI=1S/C27H25N5O2S/c1-18(2)20-13-7-9-15-22(20)31-25(34)21-14-8-10-16-23(21)32-26(31)28-29-27(32)35-17-24(33)30(3)19-11-5-4-6-12-19/h4-16,18H,17H2,1-3H3. The van der Waals surface area contributed by atoms with Gasteiger partial charge in [-0.15, -0.1) is 10.2 Å². The van der Waals surface area contributed by atoms with Gasteiger partial charge < -0.3 is 4.90 Å². The van der Waals surface area contributed by atoms with Crippen LogP contribution < -0.4 is 10.5 Å². The van der Waals surface area contributed by atoms with Crippen molar-refractivity contribution in [2.24, 2.45) is 0 Å². The second-order valence-electron chi connectivity index (χ2n) is 8.57. The summed E-state index contributed by atoms with van der Waals surface area (Å²) in [5, 5.41) is 9.93. The molecule has 0 fully saturated rings. The van der Waals surface area contributed by atoms with Crippen molar-refractivity contribution < 1.29 is 4.79 Å². The average Bonchev–Trinajstić information content (AvgIpc) is 3.31. The van der Waals surface area contributed by atoms with E-state index < -0.39 is 0 Å². The van der Waals surface area contributed by atoms with Gasteiger partial charge in [0.1, 0.15) is 0 Å². The Morgan fingerprint density at radius 1 is 0.943 bits per heavy atom. The second-order valence-corrected chi connectivity index (χ2v) is 9.51. The molecule has 8 heteroatoms. The first kappa shape index (κ1) is 22.9. The first-order valence-electron chi connectivity index (χ1n) is 11.4. The van der Waals surface area contributed by atoms with E-state index >= 15 is 0 Å². The predicted molar refractivity (Wildman–Crippen MR) is 141 cm³/mol. The fourth-order valence-corrected chi connectivity index (χ4v) is 5.04. The van der Waals surface area contributed by atoms with E-state index in [2.05, 4.69) is 24.0 Å². The van der Waals surface area contributed by atoms with Gasteiger partial charge in [-0.05, 0) is 41.8 Å². The van der Waals surface area contributed by atoms with Crippen LogP contribution >= 0.6 is 11.8 Å². The zero-order valence-electron chi connectivity index (χ0n) is 19.8. The van der Waals surface area contributed by atoms with Crippen molar-refractivity contribution in [2.75, 3.05) is 17.7 Å². The molecule has 0 aliphatic heterocycles. The third-order valence-corrected chi connectivity index (χ3v) is 6.95. The van der Waals surface area contributed by atoms with Crippen LogP contribution in [0.15, 0.2) is 88.8 Å². The van der Waals surface area contributed by atoms with E-state index in [1.165, 1.54) is 11.8 Å². The van der Waals surface area contributed by atoms with Gasteiger partial charge >= 0.3 is 0 Å². The number of anilines is 1. The topological polar surface area (TPSA) is 72.5 Å². The van der Waals surface area contributed by atoms with Gasteiger partial charge in [0.2, 0.25) is 11.7 Å². The number of hydrogen-bond acceptors (Lipinski definition) is 5. The number of para-hydroxylation sites is 3. The third kappa shape index (κ3) is 4.10. The van der Waals surface area contributed by atoms with Crippen molar-refractivity contribution in [2.45, 2.75) is 24.9 Å². The van der Waals surface area contributed by atoms with E-state index in [-0.39, 0.29) is 23.1 Å². The van der Waals surface area contributed by atoms with Crippen molar-refractivity contribution in [3.8, 4) is 5.69 Å². The van der Waals surface area contributed by atoms with Crippen LogP contribution in [0.4, 0.5) is 5.69 Å². The van der Waals surface area contributed by atoms with E-state index in [0.717, 1.165) is 16.9 Å². The summed E-state index contributed by atoms with van der Waals surface area (Å²) in [6, 6.07) is 24.8. The molecule has 0 radical (unpaired) electrons. The molecular weight excluding hydrogens is 458 g/mol. The van der Waals surface area contributed by atoms with Crippen LogP contribution in [0, 0.1) is 0 Å². The molecule has 7 nitrogen and oxygen atoms in total. The lowest BCUT2D eigenvalue weighted by molar-refractivity contribution is -0.115. The van der Waals surface area contributed by atoms with Gasteiger partial charge in [-0.1, -0.05) is 74.1 Å². The van der Waals surface area contributed by atoms with Crippen LogP contribution in [-0.4, -0.2) is 37.9 Å². The molecule has 0 N–H and O–H groups in total. The smallest absolute Gasteiger partial charge is 0.267 e. The van der Waals surface area contributed by atoms with Gasteiger partial charge in [-0.25, -0.2) is 4.57 Å². The highest BCUT2D eigenvalue weighted by Crippen LogP contribution is 2.27. The maximum absolute atomic E-state index is 13.7. The summed E-state index contributed by atoms with van der Waals surface area (Å²) in [7, 11) is 1.76. The Labute approximate surface area is 207 Å². The summed E-state index contributed by atoms with van der Waals surface area (Å²) in [5.74, 6) is 0.767. The Morgan fingerprint density at radius 2 is 1.63 bits per heavy atom. The summed E-state index contributed by atoms with van der Waals surface area (Å²) in [6.45, 7) is 4.20. The molecule has 0 saturated carbocycles. The van der Waals surface area contributed by atoms with Crippen LogP contribution in [0.5, 0.6) is 0 Å². The lowest BCUT2D eigenvalue weighted by Gasteiger charge is -2.17. The highest BCUT2D eigenvalue weighted by atomic mass is 32.2. The Morgan fingerprint density at radius 3 is 2.40 bits per heavy atom. The Hall–Kier alpha value is -3.91. The molecule has 0 spiro atoms. The molecule has 5 rings (SSSR count). The lowest BCUT2D eigenvalue weighted by atomic mass is 10.0. The number of fused-ring (bicyclic) bond motifs is 3. The van der Waals surface area contributed by atoms with Crippen molar-refractivity contribution in [3.63, 3.8) is 0 Å². The minimum Gasteiger partial charge on any atom is -0.315 e. The SMILES string of the molecule is CC(C)c1ccccc1-n1c(=O)c2ccccc2n2c(SCC(=O)N(C)c3ccccc3)nnc12. The number of aromatic nitrogens is 4. The first-order valence-corrected chi connectivity index (χ1v) is 12.4. The van der Waals surface area contributed by atoms with Gasteiger partial charge in [0.15, 0.2) is 5.16 Å². The van der Waals surface area contributed by atoms with E-state index in [9.17, 15) is 9.59 Å². The summed E-state index contributed by atoms with van der Waals surface area (Å²) in [6.07, 6.45) is 0. The number of nitrogens with zero attached hydrogens (tertiary/aromatic N) is 5. The molecule has 0 unspecified atom stereocenters. The third-order valence-electron chi connectivity index (χ3n) is 6.04. The van der Waals surface area contributed by atoms with Crippen molar-refractivity contribution in [1.82, 2.24) is 19.2 Å². The van der Waals surface area contributed by atoms with E-state index in [1.807, 2.05) is 83.3 Å². The molecule has 1 amide bonds. The molecular formula is C27H25N5O2S. The number of carbonyl (C=O) groups is 1. The normalized spacial score (nSPS) is 11.4. The summed E-state index contributed by atoms with van der Waals surface area (Å²) in [5.41, 5.74) is 3.22. The highest BCUT2D eigenvalue weighted by molar-refractivity contribution is 7.99. The molecule has 0 aliphatic carbocycles. The fraction of sp³-hybridized carbons (Fsp3) is 0.185. The van der Waals surface area contributed by atoms with Gasteiger partial charge in [-0.3, -0.25) is 14.0 Å². The van der Waals surface area contributed by atoms with E-state index in [4.69, 9.17) is 0 Å².